The quantitative estimate of drug-likeness (QED) is 0.846. The van der Waals surface area contributed by atoms with E-state index in [0.717, 1.165) is 37.4 Å². The first kappa shape index (κ1) is 18.5. The van der Waals surface area contributed by atoms with E-state index in [1.54, 1.807) is 12.1 Å². The Hall–Kier alpha value is -2.24. The molecule has 1 atom stereocenters. The fraction of sp³-hybridized carbons (Fsp3) is 0.350. The van der Waals surface area contributed by atoms with Gasteiger partial charge in [0.05, 0.1) is 6.04 Å². The highest BCUT2D eigenvalue weighted by atomic mass is 35.5. The number of hydrogen-bond acceptors (Lipinski definition) is 4. The molecule has 2 aromatic carbocycles. The summed E-state index contributed by atoms with van der Waals surface area (Å²) >= 11 is 6.14. The van der Waals surface area contributed by atoms with Gasteiger partial charge in [0.25, 0.3) is 0 Å². The van der Waals surface area contributed by atoms with Crippen LogP contribution in [0.15, 0.2) is 48.5 Å². The SMILES string of the molecule is C[C@@H](C(=O)NCc1ccccc1Cl)N1CCN(c2ccc(O)cc2)CC1. The third-order valence-corrected chi connectivity index (χ3v) is 5.24. The molecule has 0 aromatic heterocycles. The van der Waals surface area contributed by atoms with Gasteiger partial charge in [-0.1, -0.05) is 29.8 Å². The monoisotopic (exact) mass is 373 g/mol. The van der Waals surface area contributed by atoms with Crippen molar-refractivity contribution in [2.75, 3.05) is 31.1 Å². The van der Waals surface area contributed by atoms with Gasteiger partial charge in [-0.05, 0) is 42.8 Å². The van der Waals surface area contributed by atoms with Gasteiger partial charge in [0.1, 0.15) is 5.75 Å². The van der Waals surface area contributed by atoms with Crippen molar-refractivity contribution >= 4 is 23.2 Å². The normalized spacial score (nSPS) is 16.3. The Morgan fingerprint density at radius 3 is 2.42 bits per heavy atom. The van der Waals surface area contributed by atoms with Crippen LogP contribution in [0.5, 0.6) is 5.75 Å². The molecule has 1 fully saturated rings. The second-order valence-electron chi connectivity index (χ2n) is 6.52. The van der Waals surface area contributed by atoms with E-state index in [1.807, 2.05) is 43.3 Å². The van der Waals surface area contributed by atoms with Crippen molar-refractivity contribution in [3.8, 4) is 5.75 Å². The molecule has 1 heterocycles. The van der Waals surface area contributed by atoms with E-state index in [2.05, 4.69) is 15.1 Å². The number of benzene rings is 2. The molecule has 0 aliphatic carbocycles. The highest BCUT2D eigenvalue weighted by Gasteiger charge is 2.25. The van der Waals surface area contributed by atoms with E-state index in [0.29, 0.717) is 11.6 Å². The molecule has 0 radical (unpaired) electrons. The van der Waals surface area contributed by atoms with Gasteiger partial charge in [-0.3, -0.25) is 9.69 Å². The lowest BCUT2D eigenvalue weighted by Gasteiger charge is -2.38. The van der Waals surface area contributed by atoms with Gasteiger partial charge in [-0.25, -0.2) is 0 Å². The average molecular weight is 374 g/mol. The number of phenolic OH excluding ortho intramolecular Hbond substituents is 1. The van der Waals surface area contributed by atoms with Gasteiger partial charge >= 0.3 is 0 Å². The van der Waals surface area contributed by atoms with Crippen LogP contribution >= 0.6 is 11.6 Å². The second kappa shape index (κ2) is 8.43. The number of carbonyl (C=O) groups excluding carboxylic acids is 1. The number of rotatable bonds is 5. The summed E-state index contributed by atoms with van der Waals surface area (Å²) in [6, 6.07) is 14.6. The molecule has 5 nitrogen and oxygen atoms in total. The number of carbonyl (C=O) groups is 1. The smallest absolute Gasteiger partial charge is 0.237 e. The lowest BCUT2D eigenvalue weighted by molar-refractivity contribution is -0.126. The minimum atomic E-state index is -0.181. The molecular formula is C20H24ClN3O2. The topological polar surface area (TPSA) is 55.8 Å². The molecule has 3 rings (SSSR count). The summed E-state index contributed by atoms with van der Waals surface area (Å²) in [6.07, 6.45) is 0. The zero-order chi connectivity index (χ0) is 18.5. The number of amides is 1. The van der Waals surface area contributed by atoms with Crippen molar-refractivity contribution in [3.05, 3.63) is 59.1 Å². The average Bonchev–Trinajstić information content (AvgIpc) is 2.67. The first-order chi connectivity index (χ1) is 12.5. The summed E-state index contributed by atoms with van der Waals surface area (Å²) in [6.45, 7) is 5.73. The fourth-order valence-electron chi connectivity index (χ4n) is 3.17. The Morgan fingerprint density at radius 2 is 1.77 bits per heavy atom. The van der Waals surface area contributed by atoms with Crippen LogP contribution in [-0.2, 0) is 11.3 Å². The van der Waals surface area contributed by atoms with Crippen molar-refractivity contribution in [2.24, 2.45) is 0 Å². The van der Waals surface area contributed by atoms with Crippen LogP contribution < -0.4 is 10.2 Å². The first-order valence-electron chi connectivity index (χ1n) is 8.84. The third kappa shape index (κ3) is 4.48. The van der Waals surface area contributed by atoms with E-state index >= 15 is 0 Å². The van der Waals surface area contributed by atoms with Crippen LogP contribution in [-0.4, -0.2) is 48.1 Å². The number of anilines is 1. The molecule has 1 amide bonds. The number of hydrogen-bond donors (Lipinski definition) is 2. The summed E-state index contributed by atoms with van der Waals surface area (Å²) in [5, 5.41) is 13.1. The maximum absolute atomic E-state index is 12.5. The van der Waals surface area contributed by atoms with Crippen LogP contribution in [0.25, 0.3) is 0 Å². The molecule has 138 valence electrons. The lowest BCUT2D eigenvalue weighted by atomic mass is 10.1. The number of halogens is 1. The second-order valence-corrected chi connectivity index (χ2v) is 6.93. The molecule has 0 bridgehead atoms. The van der Waals surface area contributed by atoms with Gasteiger partial charge in [0.15, 0.2) is 0 Å². The molecule has 1 aliphatic rings. The maximum atomic E-state index is 12.5. The largest absolute Gasteiger partial charge is 0.508 e. The molecule has 6 heteroatoms. The molecule has 2 N–H and O–H groups in total. The van der Waals surface area contributed by atoms with E-state index < -0.39 is 0 Å². The van der Waals surface area contributed by atoms with Gasteiger partial charge in [-0.15, -0.1) is 0 Å². The highest BCUT2D eigenvalue weighted by Crippen LogP contribution is 2.20. The Kier molecular flexibility index (Phi) is 6.01. The molecule has 0 spiro atoms. The zero-order valence-electron chi connectivity index (χ0n) is 14.9. The standard InChI is InChI=1S/C20H24ClN3O2/c1-15(20(26)22-14-16-4-2-3-5-19(16)21)23-10-12-24(13-11-23)17-6-8-18(25)9-7-17/h2-9,15,25H,10-14H2,1H3,(H,22,26)/t15-/m0/s1. The molecular weight excluding hydrogens is 350 g/mol. The van der Waals surface area contributed by atoms with Gasteiger partial charge < -0.3 is 15.3 Å². The summed E-state index contributed by atoms with van der Waals surface area (Å²) < 4.78 is 0. The van der Waals surface area contributed by atoms with Crippen molar-refractivity contribution in [3.63, 3.8) is 0 Å². The van der Waals surface area contributed by atoms with Gasteiger partial charge in [-0.2, -0.15) is 0 Å². The number of piperazine rings is 1. The van der Waals surface area contributed by atoms with Crippen LogP contribution in [0.2, 0.25) is 5.02 Å². The van der Waals surface area contributed by atoms with Crippen molar-refractivity contribution in [2.45, 2.75) is 19.5 Å². The van der Waals surface area contributed by atoms with Crippen LogP contribution in [0.4, 0.5) is 5.69 Å². The van der Waals surface area contributed by atoms with E-state index in [-0.39, 0.29) is 17.7 Å². The highest BCUT2D eigenvalue weighted by molar-refractivity contribution is 6.31. The minimum absolute atomic E-state index is 0.0167. The van der Waals surface area contributed by atoms with E-state index in [4.69, 9.17) is 11.6 Å². The van der Waals surface area contributed by atoms with Crippen LogP contribution in [0, 0.1) is 0 Å². The maximum Gasteiger partial charge on any atom is 0.237 e. The van der Waals surface area contributed by atoms with Gasteiger partial charge in [0.2, 0.25) is 5.91 Å². The number of nitrogens with one attached hydrogen (secondary N) is 1. The van der Waals surface area contributed by atoms with E-state index in [9.17, 15) is 9.90 Å². The number of nitrogens with zero attached hydrogens (tertiary/aromatic N) is 2. The Labute approximate surface area is 159 Å². The third-order valence-electron chi connectivity index (χ3n) is 4.87. The fourth-order valence-corrected chi connectivity index (χ4v) is 3.37. The molecule has 26 heavy (non-hydrogen) atoms. The molecule has 1 aliphatic heterocycles. The molecule has 0 unspecified atom stereocenters. The molecule has 1 saturated heterocycles. The van der Waals surface area contributed by atoms with Gasteiger partial charge in [0, 0.05) is 43.4 Å². The van der Waals surface area contributed by atoms with E-state index in [1.165, 1.54) is 0 Å². The predicted molar refractivity (Wildman–Crippen MR) is 105 cm³/mol. The van der Waals surface area contributed by atoms with Crippen molar-refractivity contribution in [1.82, 2.24) is 10.2 Å². The number of aromatic hydroxyl groups is 1. The summed E-state index contributed by atoms with van der Waals surface area (Å²) in [5.74, 6) is 0.291. The Bertz CT molecular complexity index is 743. The zero-order valence-corrected chi connectivity index (χ0v) is 15.6. The summed E-state index contributed by atoms with van der Waals surface area (Å²) in [4.78, 5) is 16.9. The first-order valence-corrected chi connectivity index (χ1v) is 9.21. The molecule has 2 aromatic rings. The minimum Gasteiger partial charge on any atom is -0.508 e. The van der Waals surface area contributed by atoms with Crippen molar-refractivity contribution in [1.29, 1.82) is 0 Å². The van der Waals surface area contributed by atoms with Crippen molar-refractivity contribution < 1.29 is 9.90 Å². The summed E-state index contributed by atoms with van der Waals surface area (Å²) in [5.41, 5.74) is 2.02. The van der Waals surface area contributed by atoms with Crippen LogP contribution in [0.3, 0.4) is 0 Å². The lowest BCUT2D eigenvalue weighted by Crippen LogP contribution is -2.53. The Morgan fingerprint density at radius 1 is 1.12 bits per heavy atom. The number of phenols is 1. The Balaban J connectivity index is 1.49. The predicted octanol–water partition coefficient (Wildman–Crippen LogP) is 2.87. The summed E-state index contributed by atoms with van der Waals surface area (Å²) in [7, 11) is 0. The van der Waals surface area contributed by atoms with Crippen LogP contribution in [0.1, 0.15) is 12.5 Å². The molecule has 0 saturated carbocycles.